The SMILES string of the molecule is Cc1cc(C)cc(NC(=O)[C@@H]2O[C@H]3OC(C)(C)O[C@@H]3[C@H]3OC(C)(C)O[C@@H]32)c1. The summed E-state index contributed by atoms with van der Waals surface area (Å²) in [5.74, 6) is -1.93. The summed E-state index contributed by atoms with van der Waals surface area (Å²) >= 11 is 0. The van der Waals surface area contributed by atoms with E-state index < -0.39 is 42.3 Å². The Morgan fingerprint density at radius 3 is 2.07 bits per heavy atom. The lowest BCUT2D eigenvalue weighted by molar-refractivity contribution is -0.229. The first-order chi connectivity index (χ1) is 12.5. The number of ether oxygens (including phenoxy) is 5. The minimum atomic E-state index is -0.864. The van der Waals surface area contributed by atoms with E-state index in [9.17, 15) is 4.79 Å². The molecule has 0 radical (unpaired) electrons. The quantitative estimate of drug-likeness (QED) is 0.854. The lowest BCUT2D eigenvalue weighted by atomic mass is 9.98. The maximum absolute atomic E-state index is 13.0. The van der Waals surface area contributed by atoms with Crippen molar-refractivity contribution < 1.29 is 28.5 Å². The molecule has 5 atom stereocenters. The molecule has 0 spiro atoms. The van der Waals surface area contributed by atoms with E-state index in [-0.39, 0.29) is 5.91 Å². The largest absolute Gasteiger partial charge is 0.342 e. The van der Waals surface area contributed by atoms with Gasteiger partial charge in [-0.3, -0.25) is 4.79 Å². The fourth-order valence-electron chi connectivity index (χ4n) is 4.08. The molecule has 0 unspecified atom stereocenters. The fourth-order valence-corrected chi connectivity index (χ4v) is 4.08. The summed E-state index contributed by atoms with van der Waals surface area (Å²) in [7, 11) is 0. The summed E-state index contributed by atoms with van der Waals surface area (Å²) in [6.45, 7) is 11.2. The van der Waals surface area contributed by atoms with Gasteiger partial charge in [0.1, 0.15) is 18.3 Å². The second-order valence-electron chi connectivity index (χ2n) is 8.46. The Labute approximate surface area is 159 Å². The molecular formula is C20H27NO6. The smallest absolute Gasteiger partial charge is 0.256 e. The van der Waals surface area contributed by atoms with Crippen molar-refractivity contribution in [3.05, 3.63) is 29.3 Å². The van der Waals surface area contributed by atoms with Crippen LogP contribution in [0.3, 0.4) is 0 Å². The highest BCUT2D eigenvalue weighted by Gasteiger charge is 2.62. The van der Waals surface area contributed by atoms with Gasteiger partial charge in [-0.15, -0.1) is 0 Å². The molecule has 27 heavy (non-hydrogen) atoms. The summed E-state index contributed by atoms with van der Waals surface area (Å²) in [6.07, 6.45) is -3.03. The Kier molecular flexibility index (Phi) is 4.36. The Balaban J connectivity index is 1.59. The molecule has 7 nitrogen and oxygen atoms in total. The van der Waals surface area contributed by atoms with Crippen LogP contribution < -0.4 is 5.32 Å². The van der Waals surface area contributed by atoms with Gasteiger partial charge >= 0.3 is 0 Å². The number of anilines is 1. The molecular weight excluding hydrogens is 350 g/mol. The number of hydrogen-bond donors (Lipinski definition) is 1. The Morgan fingerprint density at radius 1 is 0.852 bits per heavy atom. The Hall–Kier alpha value is -1.51. The van der Waals surface area contributed by atoms with Gasteiger partial charge in [0, 0.05) is 5.69 Å². The van der Waals surface area contributed by atoms with Crippen LogP contribution in [0.15, 0.2) is 18.2 Å². The van der Waals surface area contributed by atoms with Gasteiger partial charge in [0.25, 0.3) is 5.91 Å². The molecule has 1 amide bonds. The molecule has 4 rings (SSSR count). The van der Waals surface area contributed by atoms with Crippen molar-refractivity contribution in [1.82, 2.24) is 0 Å². The van der Waals surface area contributed by atoms with Crippen LogP contribution in [0.25, 0.3) is 0 Å². The molecule has 1 aromatic carbocycles. The lowest BCUT2D eigenvalue weighted by Gasteiger charge is -2.36. The third-order valence-electron chi connectivity index (χ3n) is 4.90. The molecule has 7 heteroatoms. The van der Waals surface area contributed by atoms with Crippen molar-refractivity contribution in [3.63, 3.8) is 0 Å². The summed E-state index contributed by atoms with van der Waals surface area (Å²) < 4.78 is 29.8. The van der Waals surface area contributed by atoms with Gasteiger partial charge in [0.2, 0.25) is 0 Å². The Bertz CT molecular complexity index is 741. The van der Waals surface area contributed by atoms with Crippen LogP contribution in [0.5, 0.6) is 0 Å². The first kappa shape index (κ1) is 18.8. The molecule has 0 aromatic heterocycles. The minimum absolute atomic E-state index is 0.289. The van der Waals surface area contributed by atoms with Crippen LogP contribution >= 0.6 is 0 Å². The molecule has 3 fully saturated rings. The zero-order valence-electron chi connectivity index (χ0n) is 16.6. The topological polar surface area (TPSA) is 75.3 Å². The normalized spacial score (nSPS) is 36.1. The number of fused-ring (bicyclic) bond motifs is 3. The van der Waals surface area contributed by atoms with Crippen LogP contribution in [0, 0.1) is 13.8 Å². The molecule has 1 aromatic rings. The van der Waals surface area contributed by atoms with Crippen molar-refractivity contribution in [3.8, 4) is 0 Å². The van der Waals surface area contributed by atoms with E-state index in [1.165, 1.54) is 0 Å². The van der Waals surface area contributed by atoms with E-state index in [1.54, 1.807) is 0 Å². The third-order valence-corrected chi connectivity index (χ3v) is 4.90. The van der Waals surface area contributed by atoms with Crippen LogP contribution in [-0.2, 0) is 28.5 Å². The van der Waals surface area contributed by atoms with Crippen LogP contribution in [0.4, 0.5) is 5.69 Å². The Morgan fingerprint density at radius 2 is 1.41 bits per heavy atom. The van der Waals surface area contributed by atoms with Crippen LogP contribution in [0.2, 0.25) is 0 Å². The monoisotopic (exact) mass is 377 g/mol. The average Bonchev–Trinajstić information content (AvgIpc) is 2.99. The molecule has 3 aliphatic heterocycles. The van der Waals surface area contributed by atoms with Gasteiger partial charge in [-0.25, -0.2) is 0 Å². The number of amides is 1. The van der Waals surface area contributed by atoms with Gasteiger partial charge in [0.05, 0.1) is 0 Å². The zero-order valence-corrected chi connectivity index (χ0v) is 16.6. The van der Waals surface area contributed by atoms with Crippen molar-refractivity contribution in [2.75, 3.05) is 5.32 Å². The number of benzene rings is 1. The highest BCUT2D eigenvalue weighted by Crippen LogP contribution is 2.44. The van der Waals surface area contributed by atoms with E-state index in [0.717, 1.165) is 16.8 Å². The maximum atomic E-state index is 13.0. The van der Waals surface area contributed by atoms with Gasteiger partial charge in [-0.2, -0.15) is 0 Å². The summed E-state index contributed by atoms with van der Waals surface area (Å²) in [4.78, 5) is 13.0. The van der Waals surface area contributed by atoms with E-state index in [0.29, 0.717) is 0 Å². The summed E-state index contributed by atoms with van der Waals surface area (Å²) in [6, 6.07) is 5.89. The van der Waals surface area contributed by atoms with E-state index >= 15 is 0 Å². The van der Waals surface area contributed by atoms with Crippen molar-refractivity contribution in [2.24, 2.45) is 0 Å². The molecule has 3 heterocycles. The zero-order chi connectivity index (χ0) is 19.6. The number of carbonyl (C=O) groups is 1. The molecule has 1 N–H and O–H groups in total. The predicted molar refractivity (Wildman–Crippen MR) is 97.1 cm³/mol. The number of aryl methyl sites for hydroxylation is 2. The molecule has 3 aliphatic rings. The van der Waals surface area contributed by atoms with Gasteiger partial charge < -0.3 is 29.0 Å². The standard InChI is InChI=1S/C20H27NO6/c1-10-7-11(2)9-12(8-10)21-17(22)15-13-14(25-19(3,4)24-13)16-18(23-15)27-20(5,6)26-16/h7-9,13-16,18H,1-6H3,(H,21,22)/t13-,14-,15+,16+,18-/m0/s1. The van der Waals surface area contributed by atoms with Crippen LogP contribution in [0.1, 0.15) is 38.8 Å². The number of carbonyl (C=O) groups excluding carboxylic acids is 1. The van der Waals surface area contributed by atoms with Crippen molar-refractivity contribution in [1.29, 1.82) is 0 Å². The van der Waals surface area contributed by atoms with Gasteiger partial charge in [-0.1, -0.05) is 6.07 Å². The summed E-state index contributed by atoms with van der Waals surface area (Å²) in [5, 5.41) is 2.94. The second-order valence-corrected chi connectivity index (χ2v) is 8.46. The molecule has 0 saturated carbocycles. The number of nitrogens with one attached hydrogen (secondary N) is 1. The number of rotatable bonds is 2. The van der Waals surface area contributed by atoms with E-state index in [1.807, 2.05) is 53.7 Å². The first-order valence-corrected chi connectivity index (χ1v) is 9.29. The fraction of sp³-hybridized carbons (Fsp3) is 0.650. The second kappa shape index (κ2) is 6.25. The average molecular weight is 377 g/mol. The highest BCUT2D eigenvalue weighted by atomic mass is 16.9. The first-order valence-electron chi connectivity index (χ1n) is 9.29. The minimum Gasteiger partial charge on any atom is -0.342 e. The maximum Gasteiger partial charge on any atom is 0.256 e. The highest BCUT2D eigenvalue weighted by molar-refractivity contribution is 5.95. The predicted octanol–water partition coefficient (Wildman–Crippen LogP) is 2.64. The van der Waals surface area contributed by atoms with E-state index in [4.69, 9.17) is 23.7 Å². The van der Waals surface area contributed by atoms with Crippen molar-refractivity contribution >= 4 is 11.6 Å². The third kappa shape index (κ3) is 3.62. The van der Waals surface area contributed by atoms with Gasteiger partial charge in [-0.05, 0) is 64.8 Å². The lowest BCUT2D eigenvalue weighted by Crippen LogP contribution is -2.58. The number of hydrogen-bond acceptors (Lipinski definition) is 6. The summed E-state index contributed by atoms with van der Waals surface area (Å²) in [5.41, 5.74) is 2.87. The molecule has 148 valence electrons. The molecule has 0 aliphatic carbocycles. The molecule has 3 saturated heterocycles. The van der Waals surface area contributed by atoms with Gasteiger partial charge in [0.15, 0.2) is 24.0 Å². The molecule has 0 bridgehead atoms. The van der Waals surface area contributed by atoms with E-state index in [2.05, 4.69) is 11.4 Å². The van der Waals surface area contributed by atoms with Crippen molar-refractivity contribution in [2.45, 2.75) is 83.8 Å². The van der Waals surface area contributed by atoms with Crippen LogP contribution in [-0.4, -0.2) is 48.2 Å².